The molecule has 1 saturated carbocycles. The minimum Gasteiger partial charge on any atom is -0.497 e. The maximum Gasteiger partial charge on any atom is 0.408 e. The van der Waals surface area contributed by atoms with Gasteiger partial charge >= 0.3 is 6.09 Å². The predicted octanol–water partition coefficient (Wildman–Crippen LogP) is 6.45. The summed E-state index contributed by atoms with van der Waals surface area (Å²) >= 11 is 0. The summed E-state index contributed by atoms with van der Waals surface area (Å²) in [6, 6.07) is 22.4. The molecule has 0 aliphatic heterocycles. The quantitative estimate of drug-likeness (QED) is 0.269. The molecule has 228 valence electrons. The van der Waals surface area contributed by atoms with E-state index in [0.717, 1.165) is 36.8 Å². The number of nitrogens with one attached hydrogen (secondary N) is 2. The topological polar surface area (TPSA) is 97.0 Å². The molecule has 0 radical (unpaired) electrons. The summed E-state index contributed by atoms with van der Waals surface area (Å²) < 4.78 is 10.8. The van der Waals surface area contributed by atoms with Gasteiger partial charge in [-0.2, -0.15) is 0 Å². The molecule has 0 bridgehead atoms. The van der Waals surface area contributed by atoms with E-state index in [0.29, 0.717) is 17.0 Å². The monoisotopic (exact) mass is 585 g/mol. The summed E-state index contributed by atoms with van der Waals surface area (Å²) in [6.45, 7) is 7.41. The van der Waals surface area contributed by atoms with Crippen LogP contribution in [0.2, 0.25) is 0 Å². The Kier molecular flexibility index (Phi) is 10.5. The summed E-state index contributed by atoms with van der Waals surface area (Å²) in [7, 11) is 1.59. The second kappa shape index (κ2) is 14.2. The van der Waals surface area contributed by atoms with E-state index in [1.807, 2.05) is 54.6 Å². The molecule has 1 aliphatic carbocycles. The first kappa shape index (κ1) is 31.6. The lowest BCUT2D eigenvalue weighted by Gasteiger charge is -2.43. The molecule has 43 heavy (non-hydrogen) atoms. The molecule has 3 aromatic carbocycles. The molecule has 1 fully saturated rings. The molecule has 2 unspecified atom stereocenters. The van der Waals surface area contributed by atoms with E-state index in [1.54, 1.807) is 57.0 Å². The average molecular weight is 586 g/mol. The smallest absolute Gasteiger partial charge is 0.408 e. The fraction of sp³-hybridized carbons (Fsp3) is 0.400. The third kappa shape index (κ3) is 8.60. The Hall–Kier alpha value is -4.33. The molecule has 3 amide bonds. The van der Waals surface area contributed by atoms with Crippen LogP contribution in [0.15, 0.2) is 78.9 Å². The largest absolute Gasteiger partial charge is 0.497 e. The first-order valence-electron chi connectivity index (χ1n) is 15.0. The highest BCUT2D eigenvalue weighted by atomic mass is 16.6. The number of ether oxygens (including phenoxy) is 2. The average Bonchev–Trinajstić information content (AvgIpc) is 2.95. The molecule has 1 aliphatic rings. The van der Waals surface area contributed by atoms with Gasteiger partial charge in [-0.1, -0.05) is 61.5 Å². The van der Waals surface area contributed by atoms with E-state index in [4.69, 9.17) is 9.47 Å². The van der Waals surface area contributed by atoms with Gasteiger partial charge in [0.15, 0.2) is 0 Å². The van der Waals surface area contributed by atoms with E-state index in [1.165, 1.54) is 0 Å². The fourth-order valence-electron chi connectivity index (χ4n) is 5.12. The fourth-order valence-corrected chi connectivity index (χ4v) is 5.12. The zero-order chi connectivity index (χ0) is 31.0. The highest BCUT2D eigenvalue weighted by Gasteiger charge is 2.42. The van der Waals surface area contributed by atoms with Gasteiger partial charge in [-0.3, -0.25) is 9.59 Å². The van der Waals surface area contributed by atoms with Crippen molar-refractivity contribution in [1.82, 2.24) is 10.2 Å². The van der Waals surface area contributed by atoms with E-state index in [-0.39, 0.29) is 24.3 Å². The Morgan fingerprint density at radius 3 is 2.09 bits per heavy atom. The first-order valence-corrected chi connectivity index (χ1v) is 15.0. The molecule has 4 rings (SSSR count). The Morgan fingerprint density at radius 1 is 0.907 bits per heavy atom. The van der Waals surface area contributed by atoms with Crippen molar-refractivity contribution >= 4 is 23.6 Å². The molecule has 0 aromatic heterocycles. The number of methoxy groups -OCH3 is 1. The van der Waals surface area contributed by atoms with Crippen LogP contribution in [-0.4, -0.2) is 47.6 Å². The van der Waals surface area contributed by atoms with Crippen LogP contribution in [0.4, 0.5) is 10.5 Å². The van der Waals surface area contributed by atoms with Crippen molar-refractivity contribution in [2.24, 2.45) is 0 Å². The highest BCUT2D eigenvalue weighted by Crippen LogP contribution is 2.35. The van der Waals surface area contributed by atoms with Crippen molar-refractivity contribution in [3.8, 4) is 5.75 Å². The van der Waals surface area contributed by atoms with Gasteiger partial charge in [0.2, 0.25) is 5.91 Å². The lowest BCUT2D eigenvalue weighted by Crippen LogP contribution is -2.57. The van der Waals surface area contributed by atoms with Crippen LogP contribution in [0.25, 0.3) is 0 Å². The number of alkyl carbamates (subject to hydrolysis) is 1. The van der Waals surface area contributed by atoms with Crippen LogP contribution in [0, 0.1) is 0 Å². The van der Waals surface area contributed by atoms with Crippen LogP contribution in [-0.2, 0) is 27.2 Å². The third-order valence-electron chi connectivity index (χ3n) is 7.58. The van der Waals surface area contributed by atoms with Gasteiger partial charge < -0.3 is 25.0 Å². The zero-order valence-corrected chi connectivity index (χ0v) is 25.8. The van der Waals surface area contributed by atoms with Gasteiger partial charge in [-0.15, -0.1) is 0 Å². The minimum absolute atomic E-state index is 0.149. The summed E-state index contributed by atoms with van der Waals surface area (Å²) in [4.78, 5) is 43.4. The maximum atomic E-state index is 14.6. The van der Waals surface area contributed by atoms with Crippen LogP contribution in [0.3, 0.4) is 0 Å². The van der Waals surface area contributed by atoms with Crippen molar-refractivity contribution < 1.29 is 23.9 Å². The number of carbonyl (C=O) groups excluding carboxylic acids is 3. The predicted molar refractivity (Wildman–Crippen MR) is 168 cm³/mol. The van der Waals surface area contributed by atoms with Gasteiger partial charge in [-0.25, -0.2) is 4.79 Å². The third-order valence-corrected chi connectivity index (χ3v) is 7.58. The van der Waals surface area contributed by atoms with Crippen molar-refractivity contribution in [3.05, 3.63) is 95.6 Å². The van der Waals surface area contributed by atoms with E-state index in [2.05, 4.69) is 17.6 Å². The number of hydrogen-bond donors (Lipinski definition) is 2. The van der Waals surface area contributed by atoms with Gasteiger partial charge in [0, 0.05) is 18.2 Å². The van der Waals surface area contributed by atoms with Gasteiger partial charge in [-0.05, 0) is 87.4 Å². The van der Waals surface area contributed by atoms with Crippen molar-refractivity contribution in [3.63, 3.8) is 0 Å². The number of hydrogen-bond acceptors (Lipinski definition) is 5. The zero-order valence-electron chi connectivity index (χ0n) is 25.8. The molecular weight excluding hydrogens is 542 g/mol. The molecule has 2 atom stereocenters. The molecule has 3 aromatic rings. The SMILES string of the molecule is CCc1ccc(C(C(=O)Nc2ccc(OC)cc2)N(C(=O)C(Cc2ccccc2)NC(=O)OC(C)(C)C)C2CCC2)cc1. The Balaban J connectivity index is 1.73. The highest BCUT2D eigenvalue weighted by molar-refractivity contribution is 5.99. The first-order chi connectivity index (χ1) is 20.6. The van der Waals surface area contributed by atoms with Crippen LogP contribution < -0.4 is 15.4 Å². The second-order valence-corrected chi connectivity index (χ2v) is 11.9. The number of benzene rings is 3. The lowest BCUT2D eigenvalue weighted by molar-refractivity contribution is -0.145. The Morgan fingerprint density at radius 2 is 1.56 bits per heavy atom. The summed E-state index contributed by atoms with van der Waals surface area (Å²) in [6.07, 6.45) is 2.93. The number of aryl methyl sites for hydroxylation is 1. The van der Waals surface area contributed by atoms with Gasteiger partial charge in [0.25, 0.3) is 5.91 Å². The van der Waals surface area contributed by atoms with Crippen molar-refractivity contribution in [2.45, 2.75) is 83.5 Å². The summed E-state index contributed by atoms with van der Waals surface area (Å²) in [5.74, 6) is 0.0206. The molecule has 0 heterocycles. The number of carbonyl (C=O) groups is 3. The standard InChI is InChI=1S/C35H43N3O5/c1-6-24-15-17-26(18-16-24)31(32(39)36-27-19-21-29(42-5)22-20-27)38(28-13-10-14-28)33(40)30(23-25-11-8-7-9-12-25)37-34(41)43-35(2,3)4/h7-9,11-12,15-22,28,30-31H,6,10,13-14,23H2,1-5H3,(H,36,39)(H,37,41). The molecule has 8 nitrogen and oxygen atoms in total. The molecule has 2 N–H and O–H groups in total. The van der Waals surface area contributed by atoms with E-state index < -0.39 is 23.8 Å². The normalized spacial score (nSPS) is 14.5. The van der Waals surface area contributed by atoms with E-state index in [9.17, 15) is 14.4 Å². The minimum atomic E-state index is -0.941. The Labute approximate surface area is 254 Å². The van der Waals surface area contributed by atoms with Crippen LogP contribution >= 0.6 is 0 Å². The van der Waals surface area contributed by atoms with Crippen LogP contribution in [0.1, 0.15) is 69.7 Å². The van der Waals surface area contributed by atoms with Crippen molar-refractivity contribution in [1.29, 1.82) is 0 Å². The van der Waals surface area contributed by atoms with Gasteiger partial charge in [0.05, 0.1) is 7.11 Å². The van der Waals surface area contributed by atoms with E-state index >= 15 is 0 Å². The number of nitrogens with zero attached hydrogens (tertiary/aromatic N) is 1. The second-order valence-electron chi connectivity index (χ2n) is 11.9. The maximum absolute atomic E-state index is 14.6. The summed E-state index contributed by atoms with van der Waals surface area (Å²) in [5, 5.41) is 5.85. The van der Waals surface area contributed by atoms with Gasteiger partial charge in [0.1, 0.15) is 23.4 Å². The van der Waals surface area contributed by atoms with Crippen molar-refractivity contribution in [2.75, 3.05) is 12.4 Å². The Bertz CT molecular complexity index is 1360. The number of anilines is 1. The lowest BCUT2D eigenvalue weighted by atomic mass is 9.87. The molecule has 0 saturated heterocycles. The number of amides is 3. The molecular formula is C35H43N3O5. The number of rotatable bonds is 11. The van der Waals surface area contributed by atoms with Crippen LogP contribution in [0.5, 0.6) is 5.75 Å². The molecule has 0 spiro atoms. The summed E-state index contributed by atoms with van der Waals surface area (Å²) in [5.41, 5.74) is 2.58. The molecule has 8 heteroatoms.